The van der Waals surface area contributed by atoms with Crippen LogP contribution in [-0.2, 0) is 11.3 Å². The molecule has 2 rings (SSSR count). The number of nitrogens with one attached hydrogen (secondary N) is 1. The van der Waals surface area contributed by atoms with Crippen LogP contribution in [0.5, 0.6) is 0 Å². The molecule has 0 saturated carbocycles. The van der Waals surface area contributed by atoms with Crippen LogP contribution in [0.25, 0.3) is 0 Å². The summed E-state index contributed by atoms with van der Waals surface area (Å²) in [5.41, 5.74) is 0. The summed E-state index contributed by atoms with van der Waals surface area (Å²) in [7, 11) is 1.67. The Hall–Kier alpha value is -1.01. The minimum absolute atomic E-state index is 0.453. The van der Waals surface area contributed by atoms with Gasteiger partial charge in [0.05, 0.1) is 0 Å². The summed E-state index contributed by atoms with van der Waals surface area (Å²) in [6, 6.07) is 2.04. The lowest BCUT2D eigenvalue weighted by atomic mass is 10.3. The highest BCUT2D eigenvalue weighted by molar-refractivity contribution is 7.99. The van der Waals surface area contributed by atoms with Gasteiger partial charge in [0.2, 0.25) is 0 Å². The van der Waals surface area contributed by atoms with Gasteiger partial charge in [0.25, 0.3) is 0 Å². The Balaban J connectivity index is 2.20. The molecule has 6 heteroatoms. The topological polar surface area (TPSA) is 50.3 Å². The molecule has 1 aliphatic heterocycles. The fraction of sp³-hybridized carbons (Fsp3) is 0.692. The van der Waals surface area contributed by atoms with Gasteiger partial charge in [-0.3, -0.25) is 0 Å². The molecule has 0 amide bonds. The van der Waals surface area contributed by atoms with Crippen molar-refractivity contribution in [2.24, 2.45) is 0 Å². The van der Waals surface area contributed by atoms with Crippen LogP contribution in [0, 0.1) is 0 Å². The van der Waals surface area contributed by atoms with Gasteiger partial charge in [0, 0.05) is 38.6 Å². The van der Waals surface area contributed by atoms with Crippen molar-refractivity contribution in [3.63, 3.8) is 0 Å². The van der Waals surface area contributed by atoms with E-state index in [2.05, 4.69) is 27.1 Å². The van der Waals surface area contributed by atoms with E-state index in [1.54, 1.807) is 7.11 Å². The molecule has 1 saturated heterocycles. The molecule has 1 aromatic rings. The molecule has 1 aliphatic rings. The van der Waals surface area contributed by atoms with Gasteiger partial charge in [0.1, 0.15) is 18.2 Å². The molecule has 0 atom stereocenters. The van der Waals surface area contributed by atoms with Gasteiger partial charge >= 0.3 is 0 Å². The van der Waals surface area contributed by atoms with Gasteiger partial charge in [-0.25, -0.2) is 9.97 Å². The van der Waals surface area contributed by atoms with E-state index < -0.39 is 0 Å². The lowest BCUT2D eigenvalue weighted by Crippen LogP contribution is -2.27. The Labute approximate surface area is 119 Å². The second-order valence-corrected chi connectivity index (χ2v) is 5.67. The lowest BCUT2D eigenvalue weighted by Gasteiger charge is -2.22. The molecule has 2 heterocycles. The third kappa shape index (κ3) is 4.24. The van der Waals surface area contributed by atoms with E-state index in [1.165, 1.54) is 17.9 Å². The first-order valence-corrected chi connectivity index (χ1v) is 7.92. The van der Waals surface area contributed by atoms with Crippen molar-refractivity contribution in [2.45, 2.75) is 20.0 Å². The fourth-order valence-corrected chi connectivity index (χ4v) is 2.97. The molecule has 0 unspecified atom stereocenters. The molecule has 0 bridgehead atoms. The Bertz CT molecular complexity index is 370. The maximum atomic E-state index is 5.15. The van der Waals surface area contributed by atoms with Gasteiger partial charge in [-0.15, -0.1) is 0 Å². The third-order valence-corrected chi connectivity index (χ3v) is 3.99. The number of anilines is 2. The number of nitrogens with zero attached hydrogens (tertiary/aromatic N) is 3. The van der Waals surface area contributed by atoms with E-state index in [-0.39, 0.29) is 0 Å². The van der Waals surface area contributed by atoms with Gasteiger partial charge in [-0.05, 0) is 19.1 Å². The van der Waals surface area contributed by atoms with Crippen molar-refractivity contribution < 1.29 is 4.74 Å². The monoisotopic (exact) mass is 282 g/mol. The van der Waals surface area contributed by atoms with Crippen molar-refractivity contribution in [3.05, 3.63) is 11.9 Å². The van der Waals surface area contributed by atoms with Crippen molar-refractivity contribution in [1.29, 1.82) is 0 Å². The minimum Gasteiger partial charge on any atom is -0.377 e. The molecule has 1 fully saturated rings. The molecule has 0 aliphatic carbocycles. The highest BCUT2D eigenvalue weighted by Gasteiger charge is 2.13. The number of methoxy groups -OCH3 is 1. The van der Waals surface area contributed by atoms with E-state index in [4.69, 9.17) is 4.74 Å². The number of hydrogen-bond acceptors (Lipinski definition) is 6. The number of ether oxygens (including phenoxy) is 1. The predicted octanol–water partition coefficient (Wildman–Crippen LogP) is 2.00. The second-order valence-electron chi connectivity index (χ2n) is 4.44. The average Bonchev–Trinajstić information content (AvgIpc) is 2.68. The van der Waals surface area contributed by atoms with Crippen molar-refractivity contribution >= 4 is 23.4 Å². The van der Waals surface area contributed by atoms with Crippen molar-refractivity contribution in [3.8, 4) is 0 Å². The zero-order valence-electron chi connectivity index (χ0n) is 11.7. The summed E-state index contributed by atoms with van der Waals surface area (Å²) in [5, 5.41) is 3.26. The third-order valence-electron chi connectivity index (χ3n) is 2.94. The van der Waals surface area contributed by atoms with Crippen LogP contribution in [0.3, 0.4) is 0 Å². The summed E-state index contributed by atoms with van der Waals surface area (Å²) in [4.78, 5) is 11.4. The highest BCUT2D eigenvalue weighted by atomic mass is 32.2. The standard InChI is InChI=1S/C13H22N4OS/c1-3-14-11-9-13(16-12(15-11)10-18-2)17-5-4-7-19-8-6-17/h9H,3-8,10H2,1-2H3,(H,14,15,16). The number of rotatable bonds is 5. The Morgan fingerprint density at radius 1 is 1.37 bits per heavy atom. The highest BCUT2D eigenvalue weighted by Crippen LogP contribution is 2.20. The first kappa shape index (κ1) is 14.4. The molecule has 5 nitrogen and oxygen atoms in total. The summed E-state index contributed by atoms with van der Waals surface area (Å²) in [6.07, 6.45) is 1.21. The molecule has 19 heavy (non-hydrogen) atoms. The van der Waals surface area contributed by atoms with E-state index in [1.807, 2.05) is 17.8 Å². The van der Waals surface area contributed by atoms with Crippen LogP contribution in [0.1, 0.15) is 19.2 Å². The zero-order valence-corrected chi connectivity index (χ0v) is 12.5. The maximum Gasteiger partial charge on any atom is 0.158 e. The van der Waals surface area contributed by atoms with Crippen LogP contribution in [0.4, 0.5) is 11.6 Å². The first-order chi connectivity index (χ1) is 9.33. The summed E-state index contributed by atoms with van der Waals surface area (Å²) in [5.74, 6) is 5.05. The van der Waals surface area contributed by atoms with E-state index >= 15 is 0 Å². The Kier molecular flexibility index (Phi) is 5.72. The van der Waals surface area contributed by atoms with Gasteiger partial charge in [-0.1, -0.05) is 0 Å². The van der Waals surface area contributed by atoms with E-state index in [0.29, 0.717) is 6.61 Å². The zero-order chi connectivity index (χ0) is 13.5. The SMILES string of the molecule is CCNc1cc(N2CCCSCC2)nc(COC)n1. The molecular formula is C13H22N4OS. The van der Waals surface area contributed by atoms with Crippen LogP contribution in [-0.4, -0.2) is 48.2 Å². The van der Waals surface area contributed by atoms with Gasteiger partial charge < -0.3 is 15.0 Å². The molecule has 0 radical (unpaired) electrons. The van der Waals surface area contributed by atoms with Crippen LogP contribution in [0.2, 0.25) is 0 Å². The molecule has 0 aromatic carbocycles. The number of thioether (sulfide) groups is 1. The normalized spacial score (nSPS) is 16.2. The molecule has 1 N–H and O–H groups in total. The largest absolute Gasteiger partial charge is 0.377 e. The van der Waals surface area contributed by atoms with Crippen molar-refractivity contribution in [2.75, 3.05) is 48.5 Å². The Morgan fingerprint density at radius 3 is 3.05 bits per heavy atom. The quantitative estimate of drug-likeness (QED) is 0.891. The van der Waals surface area contributed by atoms with Gasteiger partial charge in [-0.2, -0.15) is 11.8 Å². The van der Waals surface area contributed by atoms with Gasteiger partial charge in [0.15, 0.2) is 5.82 Å². The molecular weight excluding hydrogens is 260 g/mol. The molecule has 1 aromatic heterocycles. The van der Waals surface area contributed by atoms with Crippen molar-refractivity contribution in [1.82, 2.24) is 9.97 Å². The average molecular weight is 282 g/mol. The fourth-order valence-electron chi connectivity index (χ4n) is 2.09. The minimum atomic E-state index is 0.453. The van der Waals surface area contributed by atoms with Crippen LogP contribution in [0.15, 0.2) is 6.07 Å². The smallest absolute Gasteiger partial charge is 0.158 e. The van der Waals surface area contributed by atoms with Crippen LogP contribution >= 0.6 is 11.8 Å². The summed E-state index contributed by atoms with van der Waals surface area (Å²) >= 11 is 2.02. The second kappa shape index (κ2) is 7.55. The van der Waals surface area contributed by atoms with E-state index in [9.17, 15) is 0 Å². The number of hydrogen-bond donors (Lipinski definition) is 1. The summed E-state index contributed by atoms with van der Waals surface area (Å²) in [6.45, 7) is 5.51. The Morgan fingerprint density at radius 2 is 2.26 bits per heavy atom. The predicted molar refractivity (Wildman–Crippen MR) is 81.1 cm³/mol. The van der Waals surface area contributed by atoms with Crippen LogP contribution < -0.4 is 10.2 Å². The first-order valence-electron chi connectivity index (χ1n) is 6.77. The molecule has 0 spiro atoms. The van der Waals surface area contributed by atoms with E-state index in [0.717, 1.165) is 37.1 Å². The number of aromatic nitrogens is 2. The molecule has 106 valence electrons. The maximum absolute atomic E-state index is 5.15. The lowest BCUT2D eigenvalue weighted by molar-refractivity contribution is 0.178. The summed E-state index contributed by atoms with van der Waals surface area (Å²) < 4.78 is 5.15.